The highest BCUT2D eigenvalue weighted by Gasteiger charge is 2.44. The Kier molecular flexibility index (Phi) is 66.6. The summed E-state index contributed by atoms with van der Waals surface area (Å²) < 4.78 is 16.7. The Morgan fingerprint density at radius 3 is 1.13 bits per heavy atom. The summed E-state index contributed by atoms with van der Waals surface area (Å²) in [5.41, 5.74) is 0. The van der Waals surface area contributed by atoms with E-state index in [2.05, 4.69) is 55.6 Å². The van der Waals surface area contributed by atoms with Gasteiger partial charge in [-0.15, -0.1) is 0 Å². The van der Waals surface area contributed by atoms with Crippen molar-refractivity contribution < 1.29 is 49.3 Å². The van der Waals surface area contributed by atoms with E-state index >= 15 is 0 Å². The molecule has 7 atom stereocenters. The largest absolute Gasteiger partial charge is 0.466 e. The fourth-order valence-electron chi connectivity index (χ4n) is 12.7. The topological polar surface area (TPSA) is 175 Å². The van der Waals surface area contributed by atoms with Crippen LogP contribution >= 0.6 is 0 Å². The molecule has 11 heteroatoms. The van der Waals surface area contributed by atoms with Gasteiger partial charge in [-0.3, -0.25) is 9.59 Å². The van der Waals surface area contributed by atoms with E-state index in [1.165, 1.54) is 302 Å². The molecular weight excluding hydrogens is 1150 g/mol. The van der Waals surface area contributed by atoms with Gasteiger partial charge >= 0.3 is 5.97 Å². The molecule has 0 radical (unpaired) electrons. The van der Waals surface area contributed by atoms with Crippen LogP contribution in [0.5, 0.6) is 0 Å². The van der Waals surface area contributed by atoms with Crippen molar-refractivity contribution in [3.05, 3.63) is 48.6 Å². The molecule has 1 amide bonds. The quantitative estimate of drug-likeness (QED) is 0.0195. The van der Waals surface area contributed by atoms with Gasteiger partial charge in [0.05, 0.1) is 32.0 Å². The van der Waals surface area contributed by atoms with Crippen LogP contribution in [0.25, 0.3) is 0 Å². The van der Waals surface area contributed by atoms with Crippen molar-refractivity contribution in [1.29, 1.82) is 0 Å². The highest BCUT2D eigenvalue weighted by atomic mass is 16.7. The molecule has 0 aromatic carbocycles. The molecule has 0 spiro atoms. The minimum atomic E-state index is -1.58. The number of amides is 1. The Morgan fingerprint density at radius 1 is 0.402 bits per heavy atom. The van der Waals surface area contributed by atoms with Gasteiger partial charge in [-0.2, -0.15) is 0 Å². The normalized spacial score (nSPS) is 17.8. The number of aliphatic hydroxyl groups excluding tert-OH is 5. The van der Waals surface area contributed by atoms with E-state index in [9.17, 15) is 35.1 Å². The number of allylic oxidation sites excluding steroid dienone is 7. The number of carbonyl (C=O) groups excluding carboxylic acids is 2. The molecule has 0 aliphatic carbocycles. The van der Waals surface area contributed by atoms with Crippen LogP contribution in [-0.4, -0.2) is 100 Å². The second-order valence-electron chi connectivity index (χ2n) is 27.7. The molecule has 11 nitrogen and oxygen atoms in total. The number of carbonyl (C=O) groups is 2. The van der Waals surface area contributed by atoms with Gasteiger partial charge in [0.1, 0.15) is 24.4 Å². The van der Waals surface area contributed by atoms with Crippen LogP contribution < -0.4 is 5.32 Å². The van der Waals surface area contributed by atoms with Gasteiger partial charge in [0.15, 0.2) is 6.29 Å². The van der Waals surface area contributed by atoms with Crippen LogP contribution in [0.1, 0.15) is 393 Å². The lowest BCUT2D eigenvalue weighted by molar-refractivity contribution is -0.302. The van der Waals surface area contributed by atoms with Crippen LogP contribution in [0.4, 0.5) is 0 Å². The van der Waals surface area contributed by atoms with Crippen LogP contribution in [0.15, 0.2) is 48.6 Å². The predicted octanol–water partition coefficient (Wildman–Crippen LogP) is 21.5. The molecule has 0 aromatic rings. The third-order valence-corrected chi connectivity index (χ3v) is 18.9. The first-order valence-corrected chi connectivity index (χ1v) is 39.9. The second kappa shape index (κ2) is 70.0. The molecule has 1 aliphatic rings. The molecule has 6 N–H and O–H groups in total. The maximum Gasteiger partial charge on any atom is 0.305 e. The Bertz CT molecular complexity index is 1670. The second-order valence-corrected chi connectivity index (χ2v) is 27.7. The van der Waals surface area contributed by atoms with Gasteiger partial charge in [0.25, 0.3) is 0 Å². The number of unbranched alkanes of at least 4 members (excludes halogenated alkanes) is 51. The third-order valence-electron chi connectivity index (χ3n) is 18.9. The Labute approximate surface area is 567 Å². The lowest BCUT2D eigenvalue weighted by Gasteiger charge is -2.40. The average Bonchev–Trinajstić information content (AvgIpc) is 0.959. The van der Waals surface area contributed by atoms with E-state index in [-0.39, 0.29) is 18.5 Å². The van der Waals surface area contributed by atoms with Gasteiger partial charge in [0.2, 0.25) is 5.91 Å². The summed E-state index contributed by atoms with van der Waals surface area (Å²) in [6, 6.07) is -0.831. The fourth-order valence-corrected chi connectivity index (χ4v) is 12.7. The van der Waals surface area contributed by atoms with Crippen LogP contribution in [0.3, 0.4) is 0 Å². The van der Waals surface area contributed by atoms with Crippen molar-refractivity contribution in [3.8, 4) is 0 Å². The molecule has 0 aromatic heterocycles. The number of esters is 1. The molecule has 1 fully saturated rings. The lowest BCUT2D eigenvalue weighted by atomic mass is 9.99. The predicted molar refractivity (Wildman–Crippen MR) is 389 cm³/mol. The molecule has 1 heterocycles. The maximum absolute atomic E-state index is 13.0. The Hall–Kier alpha value is -2.38. The van der Waals surface area contributed by atoms with E-state index in [1.54, 1.807) is 6.08 Å². The monoisotopic (exact) mass is 1300 g/mol. The smallest absolute Gasteiger partial charge is 0.305 e. The summed E-state index contributed by atoms with van der Waals surface area (Å²) in [6.07, 6.45) is 83.2. The van der Waals surface area contributed by atoms with Crippen molar-refractivity contribution in [2.24, 2.45) is 0 Å². The van der Waals surface area contributed by atoms with E-state index in [1.807, 2.05) is 6.08 Å². The zero-order valence-electron chi connectivity index (χ0n) is 60.3. The molecule has 540 valence electrons. The van der Waals surface area contributed by atoms with Crippen LogP contribution in [-0.2, 0) is 23.8 Å². The van der Waals surface area contributed by atoms with Gasteiger partial charge in [0, 0.05) is 12.8 Å². The highest BCUT2D eigenvalue weighted by molar-refractivity contribution is 5.76. The summed E-state index contributed by atoms with van der Waals surface area (Å²) in [6.45, 7) is 4.25. The summed E-state index contributed by atoms with van der Waals surface area (Å²) in [4.78, 5) is 25.1. The number of rotatable bonds is 71. The number of aliphatic hydroxyl groups is 5. The minimum Gasteiger partial charge on any atom is -0.466 e. The maximum atomic E-state index is 13.0. The van der Waals surface area contributed by atoms with Gasteiger partial charge < -0.3 is 45.1 Å². The van der Waals surface area contributed by atoms with Crippen molar-refractivity contribution in [2.45, 2.75) is 436 Å². The molecular formula is C81H151NO10. The van der Waals surface area contributed by atoms with E-state index in [0.717, 1.165) is 64.2 Å². The molecule has 0 bridgehead atoms. The number of hydrogen-bond donors (Lipinski definition) is 6. The van der Waals surface area contributed by atoms with E-state index in [4.69, 9.17) is 14.2 Å². The van der Waals surface area contributed by atoms with Gasteiger partial charge in [-0.1, -0.05) is 351 Å². The first-order valence-electron chi connectivity index (χ1n) is 39.9. The standard InChI is InChI=1S/C81H151NO10/c1-3-5-7-9-11-13-15-16-42-46-49-53-57-61-65-69-77(86)90-70-66-62-58-54-50-47-44-41-39-37-35-33-31-29-27-25-23-21-19-17-18-20-22-24-26-28-30-32-34-36-38-40-43-45-48-52-56-60-64-68-76(85)82-73(72-91-81-80(89)79(88)78(87)75(71-83)92-81)74(84)67-63-59-55-51-14-12-10-8-6-4-2/h6,8,14,17-18,51,63,67,73-75,78-81,83-84,87-89H,3-5,7,9-13,15-16,19-50,52-62,64-66,68-72H2,1-2H3,(H,82,85)/b8-6+,18-17-,51-14+,67-63+. The number of ether oxygens (including phenoxy) is 3. The molecule has 1 aliphatic heterocycles. The van der Waals surface area contributed by atoms with Crippen LogP contribution in [0.2, 0.25) is 0 Å². The zero-order chi connectivity index (χ0) is 66.5. The molecule has 1 rings (SSSR count). The van der Waals surface area contributed by atoms with Crippen molar-refractivity contribution in [1.82, 2.24) is 5.32 Å². The summed E-state index contributed by atoms with van der Waals surface area (Å²) >= 11 is 0. The average molecular weight is 1300 g/mol. The molecule has 92 heavy (non-hydrogen) atoms. The molecule has 7 unspecified atom stereocenters. The lowest BCUT2D eigenvalue weighted by Crippen LogP contribution is -2.60. The summed E-state index contributed by atoms with van der Waals surface area (Å²) in [5, 5.41) is 54.3. The van der Waals surface area contributed by atoms with Crippen molar-refractivity contribution in [3.63, 3.8) is 0 Å². The van der Waals surface area contributed by atoms with E-state index in [0.29, 0.717) is 19.4 Å². The van der Waals surface area contributed by atoms with Gasteiger partial charge in [-0.25, -0.2) is 0 Å². The first kappa shape index (κ1) is 87.6. The van der Waals surface area contributed by atoms with Crippen LogP contribution in [0, 0.1) is 0 Å². The van der Waals surface area contributed by atoms with Gasteiger partial charge in [-0.05, 0) is 77.0 Å². The molecule has 0 saturated carbocycles. The van der Waals surface area contributed by atoms with E-state index < -0.39 is 49.5 Å². The summed E-state index contributed by atoms with van der Waals surface area (Å²) in [7, 11) is 0. The summed E-state index contributed by atoms with van der Waals surface area (Å²) in [5.74, 6) is -0.173. The Morgan fingerprint density at radius 2 is 0.739 bits per heavy atom. The Balaban J connectivity index is 1.86. The zero-order valence-corrected chi connectivity index (χ0v) is 60.3. The number of nitrogens with one attached hydrogen (secondary N) is 1. The number of hydrogen-bond acceptors (Lipinski definition) is 10. The van der Waals surface area contributed by atoms with Crippen molar-refractivity contribution in [2.75, 3.05) is 19.8 Å². The SMILES string of the molecule is CC/C=C/CC/C=C/CC/C=C/C(O)C(COC1OC(CO)C(O)C(O)C1O)NC(=O)CCCCCCCCCCCCCCCCCCC/C=C\CCCCCCCCCCCCCCCCCCCCOC(=O)CCCCCCCCCCCCCCCCC. The highest BCUT2D eigenvalue weighted by Crippen LogP contribution is 2.24. The minimum absolute atomic E-state index is 0.0199. The first-order chi connectivity index (χ1) is 45.2. The third kappa shape index (κ3) is 57.8. The fraction of sp³-hybridized carbons (Fsp3) is 0.877. The molecule has 1 saturated heterocycles. The van der Waals surface area contributed by atoms with Crippen molar-refractivity contribution >= 4 is 11.9 Å².